The molecule has 1 fully saturated rings. The van der Waals surface area contributed by atoms with E-state index in [1.807, 2.05) is 6.07 Å². The van der Waals surface area contributed by atoms with E-state index in [9.17, 15) is 4.79 Å². The highest BCUT2D eigenvalue weighted by atomic mass is 35.5. The molecule has 1 saturated heterocycles. The largest absolute Gasteiger partial charge is 0.493 e. The molecule has 1 aliphatic heterocycles. The lowest BCUT2D eigenvalue weighted by Crippen LogP contribution is -2.24. The van der Waals surface area contributed by atoms with E-state index >= 15 is 0 Å². The van der Waals surface area contributed by atoms with Crippen molar-refractivity contribution in [3.63, 3.8) is 0 Å². The minimum absolute atomic E-state index is 0. The van der Waals surface area contributed by atoms with Crippen LogP contribution in [-0.4, -0.2) is 46.4 Å². The van der Waals surface area contributed by atoms with Crippen molar-refractivity contribution in [1.29, 1.82) is 0 Å². The van der Waals surface area contributed by atoms with Crippen molar-refractivity contribution < 1.29 is 19.0 Å². The predicted octanol–water partition coefficient (Wildman–Crippen LogP) is 1.69. The van der Waals surface area contributed by atoms with Gasteiger partial charge in [-0.25, -0.2) is 0 Å². The van der Waals surface area contributed by atoms with Gasteiger partial charge in [-0.1, -0.05) is 0 Å². The van der Waals surface area contributed by atoms with Gasteiger partial charge in [0.05, 0.1) is 19.6 Å². The highest BCUT2D eigenvalue weighted by Gasteiger charge is 2.22. The fourth-order valence-corrected chi connectivity index (χ4v) is 2.22. The van der Waals surface area contributed by atoms with Crippen LogP contribution in [0.3, 0.4) is 0 Å². The molecular weight excluding hydrogens is 308 g/mol. The van der Waals surface area contributed by atoms with Gasteiger partial charge in [-0.15, -0.1) is 12.4 Å². The van der Waals surface area contributed by atoms with E-state index in [4.69, 9.17) is 14.2 Å². The molecule has 0 spiro atoms. The van der Waals surface area contributed by atoms with Crippen LogP contribution < -0.4 is 20.1 Å². The number of methoxy groups -OCH3 is 2. The fourth-order valence-electron chi connectivity index (χ4n) is 2.22. The maximum Gasteiger partial charge on any atom is 0.228 e. The molecule has 2 rings (SSSR count). The van der Waals surface area contributed by atoms with E-state index in [1.54, 1.807) is 26.4 Å². The minimum atomic E-state index is 0. The lowest BCUT2D eigenvalue weighted by atomic mass is 10.1. The molecule has 1 aromatic carbocycles. The summed E-state index contributed by atoms with van der Waals surface area (Å²) in [6.45, 7) is 2.55. The normalized spacial score (nSPS) is 16.7. The summed E-state index contributed by atoms with van der Waals surface area (Å²) >= 11 is 0. The first-order chi connectivity index (χ1) is 10.2. The number of carbonyl (C=O) groups is 1. The second kappa shape index (κ2) is 9.50. The van der Waals surface area contributed by atoms with E-state index in [-0.39, 0.29) is 24.2 Å². The van der Waals surface area contributed by atoms with Crippen LogP contribution >= 0.6 is 12.4 Å². The summed E-state index contributed by atoms with van der Waals surface area (Å²) in [5.41, 5.74) is 0.708. The van der Waals surface area contributed by atoms with Gasteiger partial charge in [0.2, 0.25) is 5.91 Å². The SMILES string of the molecule is COCCOc1cc(NC(=O)C2CCNC2)ccc1OC.Cl. The van der Waals surface area contributed by atoms with Gasteiger partial charge >= 0.3 is 0 Å². The molecule has 0 saturated carbocycles. The summed E-state index contributed by atoms with van der Waals surface area (Å²) in [6, 6.07) is 5.36. The summed E-state index contributed by atoms with van der Waals surface area (Å²) in [7, 11) is 3.20. The molecule has 0 aromatic heterocycles. The molecule has 124 valence electrons. The Hall–Kier alpha value is -1.50. The third kappa shape index (κ3) is 5.05. The Kier molecular flexibility index (Phi) is 8.01. The third-order valence-electron chi connectivity index (χ3n) is 3.41. The smallest absolute Gasteiger partial charge is 0.228 e. The molecule has 1 atom stereocenters. The number of hydrogen-bond acceptors (Lipinski definition) is 5. The van der Waals surface area contributed by atoms with Crippen molar-refractivity contribution in [3.05, 3.63) is 18.2 Å². The van der Waals surface area contributed by atoms with E-state index in [0.717, 1.165) is 19.5 Å². The first-order valence-electron chi connectivity index (χ1n) is 7.06. The van der Waals surface area contributed by atoms with E-state index < -0.39 is 0 Å². The molecule has 6 nitrogen and oxygen atoms in total. The number of anilines is 1. The number of nitrogens with one attached hydrogen (secondary N) is 2. The van der Waals surface area contributed by atoms with Crippen molar-refractivity contribution in [2.24, 2.45) is 5.92 Å². The Morgan fingerprint density at radius 1 is 1.32 bits per heavy atom. The summed E-state index contributed by atoms with van der Waals surface area (Å²) in [5.74, 6) is 1.29. The number of carbonyl (C=O) groups excluding carboxylic acids is 1. The molecule has 7 heteroatoms. The average molecular weight is 331 g/mol. The maximum atomic E-state index is 12.1. The Bertz CT molecular complexity index is 479. The molecule has 0 bridgehead atoms. The van der Waals surface area contributed by atoms with E-state index in [2.05, 4.69) is 10.6 Å². The second-order valence-electron chi connectivity index (χ2n) is 4.89. The van der Waals surface area contributed by atoms with Crippen LogP contribution in [0.2, 0.25) is 0 Å². The third-order valence-corrected chi connectivity index (χ3v) is 3.41. The zero-order chi connectivity index (χ0) is 15.1. The molecule has 1 unspecified atom stereocenters. The molecule has 1 heterocycles. The molecule has 0 radical (unpaired) electrons. The van der Waals surface area contributed by atoms with Crippen molar-refractivity contribution in [3.8, 4) is 11.5 Å². The summed E-state index contributed by atoms with van der Waals surface area (Å²) < 4.78 is 15.8. The zero-order valence-electron chi connectivity index (χ0n) is 12.9. The standard InChI is InChI=1S/C15H22N2O4.ClH/c1-19-7-8-21-14-9-12(3-4-13(14)20-2)17-15(18)11-5-6-16-10-11;/h3-4,9,11,16H,5-8,10H2,1-2H3,(H,17,18);1H. The number of rotatable bonds is 7. The lowest BCUT2D eigenvalue weighted by molar-refractivity contribution is -0.119. The first kappa shape index (κ1) is 18.5. The van der Waals surface area contributed by atoms with Crippen molar-refractivity contribution in [2.45, 2.75) is 6.42 Å². The number of amides is 1. The first-order valence-corrected chi connectivity index (χ1v) is 7.06. The van der Waals surface area contributed by atoms with Crippen LogP contribution in [0.15, 0.2) is 18.2 Å². The quantitative estimate of drug-likeness (QED) is 0.745. The summed E-state index contributed by atoms with van der Waals surface area (Å²) in [4.78, 5) is 12.1. The molecule has 1 aromatic rings. The van der Waals surface area contributed by atoms with E-state index in [1.165, 1.54) is 0 Å². The van der Waals surface area contributed by atoms with Gasteiger partial charge in [0.25, 0.3) is 0 Å². The minimum Gasteiger partial charge on any atom is -0.493 e. The van der Waals surface area contributed by atoms with Crippen molar-refractivity contribution >= 4 is 24.0 Å². The van der Waals surface area contributed by atoms with Gasteiger partial charge in [0.15, 0.2) is 11.5 Å². The lowest BCUT2D eigenvalue weighted by Gasteiger charge is -2.14. The van der Waals surface area contributed by atoms with Crippen LogP contribution in [0.4, 0.5) is 5.69 Å². The summed E-state index contributed by atoms with van der Waals surface area (Å²) in [5, 5.41) is 6.10. The molecule has 2 N–H and O–H groups in total. The Morgan fingerprint density at radius 3 is 2.77 bits per heavy atom. The summed E-state index contributed by atoms with van der Waals surface area (Å²) in [6.07, 6.45) is 0.874. The number of halogens is 1. The second-order valence-corrected chi connectivity index (χ2v) is 4.89. The van der Waals surface area contributed by atoms with Crippen LogP contribution in [-0.2, 0) is 9.53 Å². The van der Waals surface area contributed by atoms with Crippen LogP contribution in [0.1, 0.15) is 6.42 Å². The number of ether oxygens (including phenoxy) is 3. The predicted molar refractivity (Wildman–Crippen MR) is 87.2 cm³/mol. The van der Waals surface area contributed by atoms with Gasteiger partial charge in [0, 0.05) is 25.4 Å². The Labute approximate surface area is 136 Å². The van der Waals surface area contributed by atoms with E-state index in [0.29, 0.717) is 30.4 Å². The topological polar surface area (TPSA) is 68.8 Å². The van der Waals surface area contributed by atoms with Gasteiger partial charge in [-0.2, -0.15) is 0 Å². The van der Waals surface area contributed by atoms with Gasteiger partial charge < -0.3 is 24.8 Å². The maximum absolute atomic E-state index is 12.1. The Morgan fingerprint density at radius 2 is 2.14 bits per heavy atom. The number of hydrogen-bond donors (Lipinski definition) is 2. The van der Waals surface area contributed by atoms with Crippen molar-refractivity contribution in [2.75, 3.05) is 45.8 Å². The molecular formula is C15H23ClN2O4. The molecule has 1 aliphatic rings. The van der Waals surface area contributed by atoms with Crippen LogP contribution in [0.5, 0.6) is 11.5 Å². The highest BCUT2D eigenvalue weighted by Crippen LogP contribution is 2.30. The van der Waals surface area contributed by atoms with Crippen molar-refractivity contribution in [1.82, 2.24) is 5.32 Å². The Balaban J connectivity index is 0.00000242. The van der Waals surface area contributed by atoms with Crippen LogP contribution in [0, 0.1) is 5.92 Å². The van der Waals surface area contributed by atoms with Gasteiger partial charge in [-0.3, -0.25) is 4.79 Å². The van der Waals surface area contributed by atoms with Gasteiger partial charge in [0.1, 0.15) is 6.61 Å². The molecule has 1 amide bonds. The zero-order valence-corrected chi connectivity index (χ0v) is 13.7. The fraction of sp³-hybridized carbons (Fsp3) is 0.533. The molecule has 22 heavy (non-hydrogen) atoms. The molecule has 0 aliphatic carbocycles. The number of benzene rings is 1. The van der Waals surface area contributed by atoms with Crippen LogP contribution in [0.25, 0.3) is 0 Å². The monoisotopic (exact) mass is 330 g/mol. The highest BCUT2D eigenvalue weighted by molar-refractivity contribution is 5.93. The average Bonchev–Trinajstić information content (AvgIpc) is 3.02. The van der Waals surface area contributed by atoms with Gasteiger partial charge in [-0.05, 0) is 25.1 Å².